The predicted molar refractivity (Wildman–Crippen MR) is 63.4 cm³/mol. The van der Waals surface area contributed by atoms with E-state index in [1.165, 1.54) is 19.3 Å². The monoisotopic (exact) mass is 231 g/mol. The van der Waals surface area contributed by atoms with Gasteiger partial charge in [-0.25, -0.2) is 0 Å². The molecule has 0 aromatic heterocycles. The van der Waals surface area contributed by atoms with Gasteiger partial charge < -0.3 is 20.3 Å². The second-order valence-electron chi connectivity index (χ2n) is 4.74. The van der Waals surface area contributed by atoms with E-state index in [9.17, 15) is 5.11 Å². The summed E-state index contributed by atoms with van der Waals surface area (Å²) in [7, 11) is 0. The molecule has 1 saturated carbocycles. The van der Waals surface area contributed by atoms with E-state index in [4.69, 9.17) is 9.84 Å². The minimum atomic E-state index is -0.476. The molecule has 2 atom stereocenters. The van der Waals surface area contributed by atoms with Crippen molar-refractivity contribution in [3.05, 3.63) is 0 Å². The lowest BCUT2D eigenvalue weighted by Crippen LogP contribution is -2.38. The molecule has 0 aliphatic heterocycles. The molecule has 0 amide bonds. The molecule has 0 bridgehead atoms. The maximum atomic E-state index is 9.66. The van der Waals surface area contributed by atoms with Crippen molar-refractivity contribution in [1.82, 2.24) is 5.32 Å². The van der Waals surface area contributed by atoms with Gasteiger partial charge in [0.05, 0.1) is 25.4 Å². The molecule has 96 valence electrons. The first-order valence-electron chi connectivity index (χ1n) is 6.36. The third kappa shape index (κ3) is 5.80. The third-order valence-electron chi connectivity index (χ3n) is 3.05. The van der Waals surface area contributed by atoms with E-state index in [0.717, 1.165) is 12.8 Å². The van der Waals surface area contributed by atoms with E-state index in [-0.39, 0.29) is 12.6 Å². The standard InChI is InChI=1S/C12H25NO3/c1-10(8-14)13-7-11(15)9-16-12-5-3-2-4-6-12/h10-15H,2-9H2,1H3. The van der Waals surface area contributed by atoms with Crippen molar-refractivity contribution in [2.75, 3.05) is 19.8 Å². The van der Waals surface area contributed by atoms with Crippen LogP contribution in [0.25, 0.3) is 0 Å². The lowest BCUT2D eigenvalue weighted by atomic mass is 9.98. The quantitative estimate of drug-likeness (QED) is 0.602. The Morgan fingerprint density at radius 3 is 2.62 bits per heavy atom. The van der Waals surface area contributed by atoms with Crippen molar-refractivity contribution in [1.29, 1.82) is 0 Å². The van der Waals surface area contributed by atoms with Gasteiger partial charge in [0.1, 0.15) is 0 Å². The summed E-state index contributed by atoms with van der Waals surface area (Å²) in [4.78, 5) is 0. The fourth-order valence-electron chi connectivity index (χ4n) is 1.94. The van der Waals surface area contributed by atoms with Gasteiger partial charge in [-0.15, -0.1) is 0 Å². The summed E-state index contributed by atoms with van der Waals surface area (Å²) in [5, 5.41) is 21.5. The summed E-state index contributed by atoms with van der Waals surface area (Å²) in [6.45, 7) is 2.86. The van der Waals surface area contributed by atoms with Gasteiger partial charge in [-0.05, 0) is 19.8 Å². The van der Waals surface area contributed by atoms with Crippen molar-refractivity contribution in [3.8, 4) is 0 Å². The Balaban J connectivity index is 2.02. The zero-order valence-electron chi connectivity index (χ0n) is 10.2. The smallest absolute Gasteiger partial charge is 0.0897 e. The minimum absolute atomic E-state index is 0.0318. The van der Waals surface area contributed by atoms with Crippen LogP contribution in [0.2, 0.25) is 0 Å². The zero-order valence-corrected chi connectivity index (χ0v) is 10.2. The van der Waals surface area contributed by atoms with Gasteiger partial charge in [0.25, 0.3) is 0 Å². The molecular weight excluding hydrogens is 206 g/mol. The Morgan fingerprint density at radius 2 is 2.00 bits per heavy atom. The Bertz CT molecular complexity index is 172. The Kier molecular flexibility index (Phi) is 6.96. The van der Waals surface area contributed by atoms with Crippen molar-refractivity contribution < 1.29 is 14.9 Å². The minimum Gasteiger partial charge on any atom is -0.395 e. The highest BCUT2D eigenvalue weighted by Crippen LogP contribution is 2.20. The maximum absolute atomic E-state index is 9.66. The van der Waals surface area contributed by atoms with E-state index in [0.29, 0.717) is 19.3 Å². The van der Waals surface area contributed by atoms with Crippen LogP contribution < -0.4 is 5.32 Å². The molecule has 1 fully saturated rings. The molecule has 0 heterocycles. The summed E-state index contributed by atoms with van der Waals surface area (Å²) >= 11 is 0. The molecule has 0 saturated heterocycles. The van der Waals surface area contributed by atoms with Crippen molar-refractivity contribution in [2.45, 2.75) is 57.3 Å². The van der Waals surface area contributed by atoms with Crippen molar-refractivity contribution in [2.24, 2.45) is 0 Å². The molecule has 2 unspecified atom stereocenters. The predicted octanol–water partition coefficient (Wildman–Crippen LogP) is 0.667. The average molecular weight is 231 g/mol. The van der Waals surface area contributed by atoms with Gasteiger partial charge in [-0.2, -0.15) is 0 Å². The number of hydrogen-bond donors (Lipinski definition) is 3. The molecule has 4 nitrogen and oxygen atoms in total. The summed E-state index contributed by atoms with van der Waals surface area (Å²) in [6, 6.07) is 0.0318. The summed E-state index contributed by atoms with van der Waals surface area (Å²) in [5.41, 5.74) is 0. The molecule has 16 heavy (non-hydrogen) atoms. The van der Waals surface area contributed by atoms with Crippen LogP contribution in [-0.4, -0.2) is 48.2 Å². The van der Waals surface area contributed by atoms with E-state index < -0.39 is 6.10 Å². The van der Waals surface area contributed by atoms with Gasteiger partial charge in [0, 0.05) is 12.6 Å². The number of ether oxygens (including phenoxy) is 1. The molecule has 4 heteroatoms. The molecule has 0 spiro atoms. The highest BCUT2D eigenvalue weighted by molar-refractivity contribution is 4.68. The number of hydrogen-bond acceptors (Lipinski definition) is 4. The van der Waals surface area contributed by atoms with Crippen LogP contribution in [0.15, 0.2) is 0 Å². The van der Waals surface area contributed by atoms with Gasteiger partial charge in [0.2, 0.25) is 0 Å². The van der Waals surface area contributed by atoms with Crippen LogP contribution in [0.4, 0.5) is 0 Å². The first-order chi connectivity index (χ1) is 7.72. The van der Waals surface area contributed by atoms with Crippen LogP contribution in [0, 0.1) is 0 Å². The topological polar surface area (TPSA) is 61.7 Å². The molecule has 1 aliphatic carbocycles. The number of aliphatic hydroxyl groups excluding tert-OH is 2. The van der Waals surface area contributed by atoms with E-state index in [2.05, 4.69) is 5.32 Å². The van der Waals surface area contributed by atoms with Crippen LogP contribution in [0.3, 0.4) is 0 Å². The molecular formula is C12H25NO3. The highest BCUT2D eigenvalue weighted by Gasteiger charge is 2.15. The second-order valence-corrected chi connectivity index (χ2v) is 4.74. The lowest BCUT2D eigenvalue weighted by Gasteiger charge is -2.24. The molecule has 0 aromatic rings. The fraction of sp³-hybridized carbons (Fsp3) is 1.00. The molecule has 1 aliphatic rings. The second kappa shape index (κ2) is 8.01. The van der Waals surface area contributed by atoms with Crippen molar-refractivity contribution in [3.63, 3.8) is 0 Å². The maximum Gasteiger partial charge on any atom is 0.0897 e. The Hall–Kier alpha value is -0.160. The van der Waals surface area contributed by atoms with Gasteiger partial charge in [0.15, 0.2) is 0 Å². The van der Waals surface area contributed by atoms with Gasteiger partial charge in [-0.1, -0.05) is 19.3 Å². The Morgan fingerprint density at radius 1 is 1.31 bits per heavy atom. The third-order valence-corrected chi connectivity index (χ3v) is 3.05. The van der Waals surface area contributed by atoms with Crippen LogP contribution >= 0.6 is 0 Å². The normalized spacial score (nSPS) is 21.9. The summed E-state index contributed by atoms with van der Waals surface area (Å²) in [5.74, 6) is 0. The molecule has 0 radical (unpaired) electrons. The average Bonchev–Trinajstić information content (AvgIpc) is 2.34. The Labute approximate surface area is 98.0 Å². The molecule has 3 N–H and O–H groups in total. The lowest BCUT2D eigenvalue weighted by molar-refractivity contribution is -0.0238. The van der Waals surface area contributed by atoms with Crippen molar-refractivity contribution >= 4 is 0 Å². The van der Waals surface area contributed by atoms with Crippen LogP contribution in [0.1, 0.15) is 39.0 Å². The SMILES string of the molecule is CC(CO)NCC(O)COC1CCCCC1. The highest BCUT2D eigenvalue weighted by atomic mass is 16.5. The number of aliphatic hydroxyl groups is 2. The van der Waals surface area contributed by atoms with E-state index >= 15 is 0 Å². The number of nitrogens with one attached hydrogen (secondary N) is 1. The van der Waals surface area contributed by atoms with E-state index in [1.807, 2.05) is 6.92 Å². The molecule has 0 aromatic carbocycles. The zero-order chi connectivity index (χ0) is 11.8. The fourth-order valence-corrected chi connectivity index (χ4v) is 1.94. The van der Waals surface area contributed by atoms with Crippen LogP contribution in [0.5, 0.6) is 0 Å². The molecule has 1 rings (SSSR count). The number of rotatable bonds is 7. The largest absolute Gasteiger partial charge is 0.395 e. The first-order valence-corrected chi connectivity index (χ1v) is 6.36. The van der Waals surface area contributed by atoms with Gasteiger partial charge in [-0.3, -0.25) is 0 Å². The summed E-state index contributed by atoms with van der Waals surface area (Å²) in [6.07, 6.45) is 5.95. The van der Waals surface area contributed by atoms with E-state index in [1.54, 1.807) is 0 Å². The van der Waals surface area contributed by atoms with Crippen LogP contribution in [-0.2, 0) is 4.74 Å². The van der Waals surface area contributed by atoms with Gasteiger partial charge >= 0.3 is 0 Å². The summed E-state index contributed by atoms with van der Waals surface area (Å²) < 4.78 is 5.66. The first kappa shape index (κ1) is 13.9.